The van der Waals surface area contributed by atoms with Gasteiger partial charge in [0.2, 0.25) is 0 Å². The molecule has 0 radical (unpaired) electrons. The van der Waals surface area contributed by atoms with Gasteiger partial charge in [0.1, 0.15) is 11.6 Å². The smallest absolute Gasteiger partial charge is 0.348 e. The van der Waals surface area contributed by atoms with Gasteiger partial charge < -0.3 is 9.64 Å². The number of carbonyl (C=O) groups is 1. The van der Waals surface area contributed by atoms with Crippen molar-refractivity contribution >= 4 is 17.7 Å². The first kappa shape index (κ1) is 20.8. The van der Waals surface area contributed by atoms with Gasteiger partial charge in [0.25, 0.3) is 0 Å². The predicted molar refractivity (Wildman–Crippen MR) is 103 cm³/mol. The fraction of sp³-hybridized carbons (Fsp3) is 0.524. The van der Waals surface area contributed by atoms with Crippen LogP contribution in [0.15, 0.2) is 23.8 Å². The first-order valence-corrected chi connectivity index (χ1v) is 9.14. The summed E-state index contributed by atoms with van der Waals surface area (Å²) < 4.78 is 4.92. The van der Waals surface area contributed by atoms with Crippen molar-refractivity contribution in [1.82, 2.24) is 0 Å². The highest BCUT2D eigenvalue weighted by atomic mass is 16.5. The largest absolute Gasteiger partial charge is 0.462 e. The van der Waals surface area contributed by atoms with Crippen LogP contribution in [0.5, 0.6) is 0 Å². The molecular formula is C21H30N2O2. The number of hydrogen-bond acceptors (Lipinski definition) is 4. The Morgan fingerprint density at radius 2 is 2.08 bits per heavy atom. The molecule has 1 rings (SSSR count). The molecule has 0 spiro atoms. The molecule has 25 heavy (non-hydrogen) atoms. The van der Waals surface area contributed by atoms with Crippen molar-refractivity contribution in [3.8, 4) is 6.07 Å². The Labute approximate surface area is 152 Å². The van der Waals surface area contributed by atoms with Crippen LogP contribution >= 0.6 is 0 Å². The summed E-state index contributed by atoms with van der Waals surface area (Å²) in [7, 11) is 0. The van der Waals surface area contributed by atoms with Crippen molar-refractivity contribution in [2.75, 3.05) is 18.1 Å². The molecule has 0 aliphatic heterocycles. The fourth-order valence-electron chi connectivity index (χ4n) is 2.65. The molecule has 4 heteroatoms. The number of rotatable bonds is 9. The van der Waals surface area contributed by atoms with Gasteiger partial charge in [-0.1, -0.05) is 26.3 Å². The maximum Gasteiger partial charge on any atom is 0.348 e. The summed E-state index contributed by atoms with van der Waals surface area (Å²) >= 11 is 0. The third-order valence-electron chi connectivity index (χ3n) is 4.38. The number of aryl methyl sites for hydroxylation is 1. The molecule has 1 atom stereocenters. The molecule has 0 fully saturated rings. The number of nitriles is 1. The van der Waals surface area contributed by atoms with Gasteiger partial charge in [-0.15, -0.1) is 0 Å². The van der Waals surface area contributed by atoms with Crippen molar-refractivity contribution in [2.45, 2.75) is 59.9 Å². The van der Waals surface area contributed by atoms with Crippen LogP contribution in [0.2, 0.25) is 0 Å². The molecule has 0 heterocycles. The lowest BCUT2D eigenvalue weighted by molar-refractivity contribution is -0.137. The topological polar surface area (TPSA) is 53.3 Å². The van der Waals surface area contributed by atoms with Crippen LogP contribution < -0.4 is 4.90 Å². The molecule has 0 saturated heterocycles. The van der Waals surface area contributed by atoms with Gasteiger partial charge in [-0.2, -0.15) is 5.26 Å². The second-order valence-electron chi connectivity index (χ2n) is 6.24. The average molecular weight is 342 g/mol. The van der Waals surface area contributed by atoms with Crippen LogP contribution in [0.4, 0.5) is 5.69 Å². The number of hydrogen-bond donors (Lipinski definition) is 0. The minimum absolute atomic E-state index is 0.0301. The van der Waals surface area contributed by atoms with Gasteiger partial charge in [0.05, 0.1) is 6.61 Å². The van der Waals surface area contributed by atoms with E-state index in [1.54, 1.807) is 13.0 Å². The number of carbonyl (C=O) groups excluding carboxylic acids is 1. The molecule has 136 valence electrons. The summed E-state index contributed by atoms with van der Waals surface area (Å²) in [6.07, 6.45) is 5.02. The Morgan fingerprint density at radius 1 is 1.36 bits per heavy atom. The Bertz CT molecular complexity index is 644. The number of ether oxygens (including phenoxy) is 1. The summed E-state index contributed by atoms with van der Waals surface area (Å²) in [5.41, 5.74) is 3.13. The second kappa shape index (κ2) is 10.6. The zero-order valence-electron chi connectivity index (χ0n) is 16.1. The van der Waals surface area contributed by atoms with E-state index >= 15 is 0 Å². The maximum atomic E-state index is 11.8. The van der Waals surface area contributed by atoms with Gasteiger partial charge in [-0.3, -0.25) is 0 Å². The molecule has 0 N–H and O–H groups in total. The third-order valence-corrected chi connectivity index (χ3v) is 4.38. The quantitative estimate of drug-likeness (QED) is 0.365. The summed E-state index contributed by atoms with van der Waals surface area (Å²) in [5, 5.41) is 9.19. The highest BCUT2D eigenvalue weighted by molar-refractivity contribution is 5.98. The van der Waals surface area contributed by atoms with Crippen LogP contribution in [-0.2, 0) is 9.53 Å². The lowest BCUT2D eigenvalue weighted by Gasteiger charge is -2.31. The molecule has 0 aliphatic carbocycles. The van der Waals surface area contributed by atoms with Crippen molar-refractivity contribution in [1.29, 1.82) is 5.26 Å². The minimum atomic E-state index is -0.572. The Kier molecular flexibility index (Phi) is 8.77. The van der Waals surface area contributed by atoms with E-state index in [-0.39, 0.29) is 12.2 Å². The highest BCUT2D eigenvalue weighted by Crippen LogP contribution is 2.24. The molecule has 1 aromatic carbocycles. The zero-order valence-corrected chi connectivity index (χ0v) is 16.1. The molecule has 0 saturated carbocycles. The molecule has 0 aromatic heterocycles. The van der Waals surface area contributed by atoms with Crippen LogP contribution in [0.1, 0.15) is 58.1 Å². The normalized spacial score (nSPS) is 12.4. The van der Waals surface area contributed by atoms with E-state index < -0.39 is 5.97 Å². The third kappa shape index (κ3) is 5.94. The van der Waals surface area contributed by atoms with Gasteiger partial charge in [0.15, 0.2) is 0 Å². The molecule has 0 bridgehead atoms. The van der Waals surface area contributed by atoms with Crippen molar-refractivity contribution in [3.05, 3.63) is 34.9 Å². The average Bonchev–Trinajstić information content (AvgIpc) is 2.61. The van der Waals surface area contributed by atoms with Crippen molar-refractivity contribution < 1.29 is 9.53 Å². The maximum absolute atomic E-state index is 11.8. The summed E-state index contributed by atoms with van der Waals surface area (Å²) in [4.78, 5) is 14.2. The van der Waals surface area contributed by atoms with Crippen LogP contribution in [0.25, 0.3) is 6.08 Å². The monoisotopic (exact) mass is 342 g/mol. The Balaban J connectivity index is 3.13. The van der Waals surface area contributed by atoms with Gasteiger partial charge in [-0.05, 0) is 62.9 Å². The van der Waals surface area contributed by atoms with Gasteiger partial charge in [0, 0.05) is 18.3 Å². The van der Waals surface area contributed by atoms with E-state index in [1.807, 2.05) is 19.1 Å². The highest BCUT2D eigenvalue weighted by Gasteiger charge is 2.14. The Morgan fingerprint density at radius 3 is 2.60 bits per heavy atom. The first-order chi connectivity index (χ1) is 12.0. The summed E-state index contributed by atoms with van der Waals surface area (Å²) in [6, 6.07) is 8.58. The molecule has 1 aromatic rings. The van der Waals surface area contributed by atoms with E-state index in [9.17, 15) is 10.1 Å². The second-order valence-corrected chi connectivity index (χ2v) is 6.24. The number of unbranched alkanes of at least 4 members (excludes halogenated alkanes) is 1. The van der Waals surface area contributed by atoms with E-state index in [1.165, 1.54) is 5.69 Å². The van der Waals surface area contributed by atoms with Crippen molar-refractivity contribution in [2.24, 2.45) is 0 Å². The predicted octanol–water partition coefficient (Wildman–Crippen LogP) is 4.87. The lowest BCUT2D eigenvalue weighted by atomic mass is 10.0. The summed E-state index contributed by atoms with van der Waals surface area (Å²) in [5.74, 6) is -0.572. The number of anilines is 1. The fourth-order valence-corrected chi connectivity index (χ4v) is 2.65. The molecule has 0 aliphatic rings. The Hall–Kier alpha value is -2.28. The molecular weight excluding hydrogens is 312 g/mol. The van der Waals surface area contributed by atoms with E-state index in [0.29, 0.717) is 6.04 Å². The molecule has 1 unspecified atom stereocenters. The summed E-state index contributed by atoms with van der Waals surface area (Å²) in [6.45, 7) is 11.7. The molecule has 0 amide bonds. The number of esters is 1. The van der Waals surface area contributed by atoms with Gasteiger partial charge >= 0.3 is 5.97 Å². The van der Waals surface area contributed by atoms with E-state index in [4.69, 9.17) is 4.74 Å². The van der Waals surface area contributed by atoms with E-state index in [2.05, 4.69) is 37.8 Å². The van der Waals surface area contributed by atoms with Crippen LogP contribution in [0, 0.1) is 18.3 Å². The van der Waals surface area contributed by atoms with E-state index in [0.717, 1.165) is 36.9 Å². The zero-order chi connectivity index (χ0) is 18.8. The lowest BCUT2D eigenvalue weighted by Crippen LogP contribution is -2.33. The van der Waals surface area contributed by atoms with Gasteiger partial charge in [-0.25, -0.2) is 4.79 Å². The van der Waals surface area contributed by atoms with Crippen molar-refractivity contribution in [3.63, 3.8) is 0 Å². The minimum Gasteiger partial charge on any atom is -0.462 e. The number of nitrogens with zero attached hydrogens (tertiary/aromatic N) is 2. The molecule has 4 nitrogen and oxygen atoms in total. The van der Waals surface area contributed by atoms with Crippen LogP contribution in [-0.4, -0.2) is 25.2 Å². The first-order valence-electron chi connectivity index (χ1n) is 9.14. The van der Waals surface area contributed by atoms with Crippen LogP contribution in [0.3, 0.4) is 0 Å². The SMILES string of the molecule is CCCCN(c1ccc(/C=C(\C#N)C(=O)OCC)c(C)c1)C(C)CC. The standard InChI is InChI=1S/C21H30N2O2/c1-6-9-12-23(17(5)7-2)20-11-10-18(16(4)13-20)14-19(15-22)21(24)25-8-3/h10-11,13-14,17H,6-9,12H2,1-5H3/b19-14+. The number of benzene rings is 1.